The fourth-order valence-corrected chi connectivity index (χ4v) is 2.34. The highest BCUT2D eigenvalue weighted by Gasteiger charge is 2.11. The Morgan fingerprint density at radius 1 is 1.14 bits per heavy atom. The van der Waals surface area contributed by atoms with Crippen LogP contribution in [-0.4, -0.2) is 18.0 Å². The highest BCUT2D eigenvalue weighted by atomic mass is 16.5. The van der Waals surface area contributed by atoms with Gasteiger partial charge in [0, 0.05) is 6.42 Å². The molecule has 0 aliphatic heterocycles. The van der Waals surface area contributed by atoms with Gasteiger partial charge in [-0.25, -0.2) is 0 Å². The lowest BCUT2D eigenvalue weighted by Gasteiger charge is -2.13. The summed E-state index contributed by atoms with van der Waals surface area (Å²) in [4.78, 5) is 11.2. The Bertz CT molecular complexity index is 618. The van der Waals surface area contributed by atoms with E-state index >= 15 is 0 Å². The van der Waals surface area contributed by atoms with Crippen LogP contribution in [0.3, 0.4) is 0 Å². The van der Waals surface area contributed by atoms with Crippen LogP contribution in [0, 0.1) is 0 Å². The number of phenolic OH excluding ortho intramolecular Hbond substituents is 1. The summed E-state index contributed by atoms with van der Waals surface area (Å²) in [5, 5.41) is 9.98. The number of hydrogen-bond donors (Lipinski definition) is 1. The molecule has 0 heterocycles. The van der Waals surface area contributed by atoms with E-state index < -0.39 is 0 Å². The Balaban J connectivity index is 2.32. The van der Waals surface area contributed by atoms with Gasteiger partial charge < -0.3 is 14.6 Å². The third kappa shape index (κ3) is 4.09. The van der Waals surface area contributed by atoms with E-state index in [2.05, 4.69) is 12.1 Å². The van der Waals surface area contributed by atoms with E-state index in [4.69, 9.17) is 4.74 Å². The first-order chi connectivity index (χ1) is 10.1. The molecule has 0 bridgehead atoms. The number of phenols is 1. The molecule has 110 valence electrons. The molecule has 0 aromatic heterocycles. The zero-order chi connectivity index (χ0) is 15.2. The highest BCUT2D eigenvalue weighted by Crippen LogP contribution is 2.31. The molecule has 0 atom stereocenters. The monoisotopic (exact) mass is 284 g/mol. The molecule has 1 N–H and O–H groups in total. The SMILES string of the molecule is COc1cc(CCC(C)=O)c(Cc2ccccc2)cc1O. The summed E-state index contributed by atoms with van der Waals surface area (Å²) in [5.74, 6) is 0.744. The molecule has 3 heteroatoms. The van der Waals surface area contributed by atoms with Crippen molar-refractivity contribution in [1.29, 1.82) is 0 Å². The number of benzene rings is 2. The average molecular weight is 284 g/mol. The van der Waals surface area contributed by atoms with Gasteiger partial charge in [0.1, 0.15) is 5.78 Å². The maximum absolute atomic E-state index is 11.2. The van der Waals surface area contributed by atoms with Crippen molar-refractivity contribution in [3.05, 3.63) is 59.2 Å². The van der Waals surface area contributed by atoms with Crippen molar-refractivity contribution in [3.8, 4) is 11.5 Å². The van der Waals surface area contributed by atoms with Crippen molar-refractivity contribution in [2.45, 2.75) is 26.2 Å². The van der Waals surface area contributed by atoms with E-state index in [1.165, 1.54) is 12.7 Å². The molecule has 0 saturated carbocycles. The van der Waals surface area contributed by atoms with E-state index in [9.17, 15) is 9.90 Å². The predicted molar refractivity (Wildman–Crippen MR) is 82.9 cm³/mol. The molecule has 0 amide bonds. The minimum atomic E-state index is 0.134. The van der Waals surface area contributed by atoms with E-state index in [-0.39, 0.29) is 11.5 Å². The van der Waals surface area contributed by atoms with Crippen molar-refractivity contribution in [1.82, 2.24) is 0 Å². The summed E-state index contributed by atoms with van der Waals surface area (Å²) < 4.78 is 5.16. The minimum absolute atomic E-state index is 0.134. The number of carbonyl (C=O) groups excluding carboxylic acids is 1. The van der Waals surface area contributed by atoms with Gasteiger partial charge >= 0.3 is 0 Å². The van der Waals surface area contributed by atoms with Crippen molar-refractivity contribution < 1.29 is 14.6 Å². The van der Waals surface area contributed by atoms with Crippen LogP contribution in [0.5, 0.6) is 11.5 Å². The van der Waals surface area contributed by atoms with Gasteiger partial charge in [-0.05, 0) is 48.6 Å². The lowest BCUT2D eigenvalue weighted by atomic mass is 9.95. The number of carbonyl (C=O) groups is 1. The summed E-state index contributed by atoms with van der Waals surface area (Å²) in [5.41, 5.74) is 3.25. The molecule has 0 aliphatic rings. The number of ether oxygens (including phenoxy) is 1. The fourth-order valence-electron chi connectivity index (χ4n) is 2.34. The predicted octanol–water partition coefficient (Wildman–Crippen LogP) is 3.51. The number of rotatable bonds is 6. The van der Waals surface area contributed by atoms with Gasteiger partial charge in [-0.2, -0.15) is 0 Å². The first kappa shape index (κ1) is 15.1. The Kier molecular flexibility index (Phi) is 4.99. The quantitative estimate of drug-likeness (QED) is 0.883. The third-order valence-electron chi connectivity index (χ3n) is 3.48. The smallest absolute Gasteiger partial charge is 0.160 e. The van der Waals surface area contributed by atoms with Crippen molar-refractivity contribution in [2.75, 3.05) is 7.11 Å². The minimum Gasteiger partial charge on any atom is -0.504 e. The highest BCUT2D eigenvalue weighted by molar-refractivity contribution is 5.75. The van der Waals surface area contributed by atoms with Crippen LogP contribution in [-0.2, 0) is 17.6 Å². The first-order valence-corrected chi connectivity index (χ1v) is 7.02. The van der Waals surface area contributed by atoms with Crippen LogP contribution < -0.4 is 4.74 Å². The standard InChI is InChI=1S/C18H20O3/c1-13(19)8-9-15-12-18(21-2)17(20)11-16(15)10-14-6-4-3-5-7-14/h3-7,11-12,20H,8-10H2,1-2H3. The maximum Gasteiger partial charge on any atom is 0.160 e. The normalized spacial score (nSPS) is 10.4. The molecule has 21 heavy (non-hydrogen) atoms. The van der Waals surface area contributed by atoms with Crippen LogP contribution in [0.2, 0.25) is 0 Å². The van der Waals surface area contributed by atoms with Gasteiger partial charge in [-0.3, -0.25) is 0 Å². The van der Waals surface area contributed by atoms with Gasteiger partial charge in [0.05, 0.1) is 7.11 Å². The second-order valence-electron chi connectivity index (χ2n) is 5.16. The molecule has 0 spiro atoms. The van der Waals surface area contributed by atoms with Gasteiger partial charge in [0.25, 0.3) is 0 Å². The number of Topliss-reactive ketones (excluding diaryl/α,β-unsaturated/α-hetero) is 1. The Morgan fingerprint density at radius 3 is 2.48 bits per heavy atom. The summed E-state index contributed by atoms with van der Waals surface area (Å²) in [6.45, 7) is 1.59. The molecule has 0 radical (unpaired) electrons. The van der Waals surface area contributed by atoms with E-state index in [0.29, 0.717) is 18.6 Å². The van der Waals surface area contributed by atoms with E-state index in [1.54, 1.807) is 13.0 Å². The van der Waals surface area contributed by atoms with Crippen molar-refractivity contribution >= 4 is 5.78 Å². The van der Waals surface area contributed by atoms with Crippen molar-refractivity contribution in [3.63, 3.8) is 0 Å². The number of hydrogen-bond acceptors (Lipinski definition) is 3. The topological polar surface area (TPSA) is 46.5 Å². The molecule has 3 nitrogen and oxygen atoms in total. The van der Waals surface area contributed by atoms with Gasteiger partial charge in [0.2, 0.25) is 0 Å². The molecule has 0 aliphatic carbocycles. The number of methoxy groups -OCH3 is 1. The molecule has 0 saturated heterocycles. The lowest BCUT2D eigenvalue weighted by Crippen LogP contribution is -2.01. The maximum atomic E-state index is 11.2. The Hall–Kier alpha value is -2.29. The number of aromatic hydroxyl groups is 1. The van der Waals surface area contributed by atoms with Gasteiger partial charge in [-0.15, -0.1) is 0 Å². The molecule has 2 aromatic carbocycles. The molecular formula is C18H20O3. The summed E-state index contributed by atoms with van der Waals surface area (Å²) in [6, 6.07) is 13.6. The average Bonchev–Trinajstić information content (AvgIpc) is 2.47. The van der Waals surface area contributed by atoms with Crippen LogP contribution in [0.4, 0.5) is 0 Å². The molecule has 0 fully saturated rings. The van der Waals surface area contributed by atoms with Crippen LogP contribution in [0.15, 0.2) is 42.5 Å². The number of aryl methyl sites for hydroxylation is 1. The zero-order valence-corrected chi connectivity index (χ0v) is 12.4. The Morgan fingerprint density at radius 2 is 1.86 bits per heavy atom. The first-order valence-electron chi connectivity index (χ1n) is 7.02. The van der Waals surface area contributed by atoms with Crippen molar-refractivity contribution in [2.24, 2.45) is 0 Å². The number of ketones is 1. The summed E-state index contributed by atoms with van der Waals surface area (Å²) in [7, 11) is 1.53. The molecule has 0 unspecified atom stereocenters. The molecule has 2 aromatic rings. The van der Waals surface area contributed by atoms with Crippen LogP contribution in [0.25, 0.3) is 0 Å². The summed E-state index contributed by atoms with van der Waals surface area (Å²) >= 11 is 0. The summed E-state index contributed by atoms with van der Waals surface area (Å²) in [6.07, 6.45) is 1.88. The molecule has 2 rings (SSSR count). The van der Waals surface area contributed by atoms with Gasteiger partial charge in [0.15, 0.2) is 11.5 Å². The van der Waals surface area contributed by atoms with E-state index in [0.717, 1.165) is 17.5 Å². The second kappa shape index (κ2) is 6.93. The zero-order valence-electron chi connectivity index (χ0n) is 12.4. The van der Waals surface area contributed by atoms with E-state index in [1.807, 2.05) is 24.3 Å². The van der Waals surface area contributed by atoms with Crippen LogP contribution >= 0.6 is 0 Å². The largest absolute Gasteiger partial charge is 0.504 e. The second-order valence-corrected chi connectivity index (χ2v) is 5.16. The van der Waals surface area contributed by atoms with Crippen LogP contribution in [0.1, 0.15) is 30.0 Å². The fraction of sp³-hybridized carbons (Fsp3) is 0.278. The van der Waals surface area contributed by atoms with Gasteiger partial charge in [-0.1, -0.05) is 30.3 Å². The third-order valence-corrected chi connectivity index (χ3v) is 3.48. The lowest BCUT2D eigenvalue weighted by molar-refractivity contribution is -0.116. The Labute approximate surface area is 125 Å². The molecular weight excluding hydrogens is 264 g/mol.